The van der Waals surface area contributed by atoms with E-state index in [1.54, 1.807) is 23.1 Å². The molecule has 1 saturated heterocycles. The van der Waals surface area contributed by atoms with Crippen LogP contribution in [0.1, 0.15) is 83.1 Å². The largest absolute Gasteiger partial charge is 0.481 e. The fraction of sp³-hybridized carbons (Fsp3) is 0.389. The molecule has 5 rings (SSSR count). The number of carboxylic acids is 1. The Bertz CT molecular complexity index is 1480. The lowest BCUT2D eigenvalue weighted by Crippen LogP contribution is -2.64. The van der Waals surface area contributed by atoms with Crippen LogP contribution in [0.15, 0.2) is 78.9 Å². The van der Waals surface area contributed by atoms with Crippen molar-refractivity contribution >= 4 is 23.7 Å². The van der Waals surface area contributed by atoms with E-state index in [9.17, 15) is 24.3 Å². The number of aliphatic carboxylic acids is 1. The van der Waals surface area contributed by atoms with Crippen LogP contribution in [-0.2, 0) is 14.4 Å². The van der Waals surface area contributed by atoms with Crippen LogP contribution in [-0.4, -0.2) is 57.9 Å². The molecule has 0 bridgehead atoms. The van der Waals surface area contributed by atoms with E-state index in [1.165, 1.54) is 4.90 Å². The topological polar surface area (TPSA) is 107 Å². The zero-order valence-corrected chi connectivity index (χ0v) is 25.4. The fourth-order valence-corrected chi connectivity index (χ4v) is 6.72. The lowest BCUT2D eigenvalue weighted by Gasteiger charge is -2.45. The molecule has 2 N–H and O–H groups in total. The van der Waals surface area contributed by atoms with Crippen LogP contribution < -0.4 is 5.32 Å². The van der Waals surface area contributed by atoms with Gasteiger partial charge in [-0.3, -0.25) is 19.2 Å². The Morgan fingerprint density at radius 1 is 0.795 bits per heavy atom. The molecule has 2 fully saturated rings. The summed E-state index contributed by atoms with van der Waals surface area (Å²) < 4.78 is 0. The first-order valence-electron chi connectivity index (χ1n) is 15.5. The Labute approximate surface area is 259 Å². The number of amides is 3. The maximum absolute atomic E-state index is 14.6. The minimum absolute atomic E-state index is 0.142. The summed E-state index contributed by atoms with van der Waals surface area (Å²) in [4.78, 5) is 57.9. The second-order valence-electron chi connectivity index (χ2n) is 12.1. The van der Waals surface area contributed by atoms with Gasteiger partial charge in [-0.05, 0) is 62.3 Å². The molecule has 8 heteroatoms. The third-order valence-corrected chi connectivity index (χ3v) is 8.90. The Balaban J connectivity index is 1.53. The average Bonchev–Trinajstić information content (AvgIpc) is 3.55. The van der Waals surface area contributed by atoms with Gasteiger partial charge in [-0.2, -0.15) is 0 Å². The molecular weight excluding hydrogens is 554 g/mol. The van der Waals surface area contributed by atoms with Crippen LogP contribution in [0, 0.1) is 19.8 Å². The van der Waals surface area contributed by atoms with Crippen LogP contribution in [0.3, 0.4) is 0 Å². The number of nitrogens with zero attached hydrogens (tertiary/aromatic N) is 2. The summed E-state index contributed by atoms with van der Waals surface area (Å²) in [5, 5.41) is 12.7. The summed E-state index contributed by atoms with van der Waals surface area (Å²) in [5.74, 6) is -2.44. The Morgan fingerprint density at radius 3 is 2.11 bits per heavy atom. The van der Waals surface area contributed by atoms with E-state index in [-0.39, 0.29) is 24.2 Å². The highest BCUT2D eigenvalue weighted by molar-refractivity contribution is 5.99. The molecule has 0 radical (unpaired) electrons. The van der Waals surface area contributed by atoms with Crippen LogP contribution in [0.25, 0.3) is 0 Å². The Hall–Kier alpha value is -4.46. The zero-order chi connectivity index (χ0) is 31.2. The van der Waals surface area contributed by atoms with Crippen molar-refractivity contribution in [1.29, 1.82) is 0 Å². The van der Waals surface area contributed by atoms with Crippen LogP contribution in [0.5, 0.6) is 0 Å². The molecule has 8 nitrogen and oxygen atoms in total. The molecule has 44 heavy (non-hydrogen) atoms. The molecule has 0 spiro atoms. The molecule has 1 heterocycles. The molecule has 3 aromatic rings. The van der Waals surface area contributed by atoms with Crippen LogP contribution in [0.4, 0.5) is 0 Å². The molecule has 2 aliphatic rings. The number of nitrogens with one attached hydrogen (secondary N) is 1. The van der Waals surface area contributed by atoms with Gasteiger partial charge in [0.05, 0.1) is 18.4 Å². The molecule has 1 saturated carbocycles. The van der Waals surface area contributed by atoms with E-state index in [1.807, 2.05) is 74.5 Å². The predicted molar refractivity (Wildman–Crippen MR) is 168 cm³/mol. The number of carboxylic acid groups (broad SMARTS) is 1. The second-order valence-corrected chi connectivity index (χ2v) is 12.1. The van der Waals surface area contributed by atoms with Crippen LogP contribution in [0.2, 0.25) is 0 Å². The minimum atomic E-state index is -1.22. The molecule has 3 unspecified atom stereocenters. The third-order valence-electron chi connectivity index (χ3n) is 8.90. The van der Waals surface area contributed by atoms with Crippen LogP contribution >= 0.6 is 0 Å². The number of aryl methyl sites for hydroxylation is 2. The molecule has 230 valence electrons. The number of hydrogen-bond donors (Lipinski definition) is 2. The Kier molecular flexibility index (Phi) is 9.78. The van der Waals surface area contributed by atoms with Gasteiger partial charge >= 0.3 is 5.97 Å². The van der Waals surface area contributed by atoms with Crippen molar-refractivity contribution in [3.8, 4) is 0 Å². The van der Waals surface area contributed by atoms with E-state index in [4.69, 9.17) is 0 Å². The highest BCUT2D eigenvalue weighted by Crippen LogP contribution is 2.39. The number of rotatable bonds is 9. The maximum Gasteiger partial charge on any atom is 0.305 e. The normalized spacial score (nSPS) is 18.5. The summed E-state index contributed by atoms with van der Waals surface area (Å²) in [5.41, 5.74) is 3.93. The van der Waals surface area contributed by atoms with E-state index in [0.717, 1.165) is 42.4 Å². The molecular formula is C36H41N3O5. The van der Waals surface area contributed by atoms with E-state index < -0.39 is 30.0 Å². The number of hydrogen-bond acceptors (Lipinski definition) is 4. The quantitative estimate of drug-likeness (QED) is 0.335. The molecule has 1 aliphatic carbocycles. The van der Waals surface area contributed by atoms with Gasteiger partial charge in [0.2, 0.25) is 5.91 Å². The first-order chi connectivity index (χ1) is 21.2. The van der Waals surface area contributed by atoms with Crippen molar-refractivity contribution in [3.05, 3.63) is 107 Å². The van der Waals surface area contributed by atoms with Gasteiger partial charge in [0.25, 0.3) is 11.8 Å². The van der Waals surface area contributed by atoms with Gasteiger partial charge in [-0.1, -0.05) is 90.7 Å². The van der Waals surface area contributed by atoms with Crippen molar-refractivity contribution in [1.82, 2.24) is 15.1 Å². The van der Waals surface area contributed by atoms with Crippen molar-refractivity contribution in [3.63, 3.8) is 0 Å². The summed E-state index contributed by atoms with van der Waals surface area (Å²) >= 11 is 0. The Morgan fingerprint density at radius 2 is 1.45 bits per heavy atom. The van der Waals surface area contributed by atoms with Gasteiger partial charge in [0, 0.05) is 18.7 Å². The predicted octanol–water partition coefficient (Wildman–Crippen LogP) is 5.61. The van der Waals surface area contributed by atoms with E-state index in [0.29, 0.717) is 30.6 Å². The molecule has 3 atom stereocenters. The zero-order valence-electron chi connectivity index (χ0n) is 25.4. The molecule has 3 amide bonds. The van der Waals surface area contributed by atoms with Crippen molar-refractivity contribution in [2.24, 2.45) is 5.92 Å². The first kappa shape index (κ1) is 31.0. The summed E-state index contributed by atoms with van der Waals surface area (Å²) in [6, 6.07) is 23.4. The first-order valence-corrected chi connectivity index (χ1v) is 15.5. The van der Waals surface area contributed by atoms with Gasteiger partial charge in [-0.25, -0.2) is 0 Å². The lowest BCUT2D eigenvalue weighted by molar-refractivity contribution is -0.152. The lowest BCUT2D eigenvalue weighted by atomic mass is 9.83. The highest BCUT2D eigenvalue weighted by Gasteiger charge is 2.45. The van der Waals surface area contributed by atoms with Crippen molar-refractivity contribution < 1.29 is 24.3 Å². The highest BCUT2D eigenvalue weighted by atomic mass is 16.4. The molecule has 3 aromatic carbocycles. The standard InChI is InChI=1S/C36H41N3O5/c1-24-16-18-28(19-17-24)35(43)38-20-9-21-39(36(44)32(27-13-6-7-14-27)26-11-4-3-5-12-26)34(38)33(42)37-30(23-31(40)41)29-15-8-10-25(2)22-29/h3-5,8,10-12,15-19,22,27,30,32,34H,6-7,9,13-14,20-21,23H2,1-2H3,(H,37,42)(H,40,41). The van der Waals surface area contributed by atoms with Gasteiger partial charge in [0.1, 0.15) is 0 Å². The number of carbonyl (C=O) groups is 4. The third kappa shape index (κ3) is 7.01. The van der Waals surface area contributed by atoms with Gasteiger partial charge in [-0.15, -0.1) is 0 Å². The monoisotopic (exact) mass is 595 g/mol. The summed E-state index contributed by atoms with van der Waals surface area (Å²) in [6.45, 7) is 4.45. The summed E-state index contributed by atoms with van der Waals surface area (Å²) in [6.07, 6.45) is 2.92. The number of benzene rings is 3. The number of carbonyl (C=O) groups excluding carboxylic acids is 3. The van der Waals surface area contributed by atoms with E-state index in [2.05, 4.69) is 5.32 Å². The second kappa shape index (κ2) is 13.9. The molecule has 1 aliphatic heterocycles. The van der Waals surface area contributed by atoms with Crippen molar-refractivity contribution in [2.75, 3.05) is 13.1 Å². The van der Waals surface area contributed by atoms with Crippen molar-refractivity contribution in [2.45, 2.75) is 70.5 Å². The smallest absolute Gasteiger partial charge is 0.305 e. The van der Waals surface area contributed by atoms with E-state index >= 15 is 0 Å². The van der Waals surface area contributed by atoms with Gasteiger partial charge < -0.3 is 20.2 Å². The fourth-order valence-electron chi connectivity index (χ4n) is 6.72. The minimum Gasteiger partial charge on any atom is -0.481 e. The summed E-state index contributed by atoms with van der Waals surface area (Å²) in [7, 11) is 0. The molecule has 0 aromatic heterocycles. The maximum atomic E-state index is 14.6. The SMILES string of the molecule is Cc1ccc(C(=O)N2CCCN(C(=O)C(c3ccccc3)C3CCCC3)C2C(=O)NC(CC(=O)O)c2cccc(C)c2)cc1. The van der Waals surface area contributed by atoms with Gasteiger partial charge in [0.15, 0.2) is 6.17 Å². The average molecular weight is 596 g/mol.